The summed E-state index contributed by atoms with van der Waals surface area (Å²) in [5.41, 5.74) is 5.53. The summed E-state index contributed by atoms with van der Waals surface area (Å²) < 4.78 is 18.2. The predicted octanol–water partition coefficient (Wildman–Crippen LogP) is -2.46. The molecule has 0 heterocycles. The molecule has 0 aromatic rings. The van der Waals surface area contributed by atoms with Gasteiger partial charge in [0.2, 0.25) is 0 Å². The molecule has 143 valence electrons. The second-order valence-electron chi connectivity index (χ2n) is 3.90. The molecule has 0 aromatic carbocycles. The number of hydrogen-bond acceptors (Lipinski definition) is 9. The van der Waals surface area contributed by atoms with Crippen molar-refractivity contribution in [2.75, 3.05) is 41.0 Å². The van der Waals surface area contributed by atoms with E-state index in [0.29, 0.717) is 6.54 Å². The maximum Gasteiger partial charge on any atom is 2.00 e. The van der Waals surface area contributed by atoms with Gasteiger partial charge in [0.05, 0.1) is 0 Å². The van der Waals surface area contributed by atoms with Crippen LogP contribution in [0.2, 0.25) is 0 Å². The van der Waals surface area contributed by atoms with Gasteiger partial charge in [-0.3, -0.25) is 4.57 Å². The van der Waals surface area contributed by atoms with Crippen molar-refractivity contribution in [3.05, 3.63) is 0 Å². The molecule has 0 spiro atoms. The van der Waals surface area contributed by atoms with E-state index in [2.05, 4.69) is 11.5 Å². The Morgan fingerprint density at radius 3 is 1.48 bits per heavy atom. The van der Waals surface area contributed by atoms with Crippen molar-refractivity contribution in [2.45, 2.75) is 27.2 Å². The summed E-state index contributed by atoms with van der Waals surface area (Å²) >= 11 is 0. The van der Waals surface area contributed by atoms with Crippen molar-refractivity contribution in [1.29, 1.82) is 0 Å². The van der Waals surface area contributed by atoms with E-state index in [0.717, 1.165) is 33.4 Å². The van der Waals surface area contributed by atoms with E-state index >= 15 is 0 Å². The van der Waals surface area contributed by atoms with Crippen LogP contribution >= 0.6 is 0 Å². The quantitative estimate of drug-likeness (QED) is 0.437. The molecular formula is C12H28CuN2O7Si. The van der Waals surface area contributed by atoms with Gasteiger partial charge in [-0.05, 0) is 26.8 Å². The second-order valence-corrected chi connectivity index (χ2v) is 6.80. The number of carboxylic acid groups (broad SMARTS) is 2. The number of aliphatic carboxylic acids is 2. The summed E-state index contributed by atoms with van der Waals surface area (Å²) in [4.78, 5) is 17.8. The van der Waals surface area contributed by atoms with Gasteiger partial charge in [-0.1, -0.05) is 6.92 Å². The molecule has 0 aliphatic carbocycles. The summed E-state index contributed by atoms with van der Waals surface area (Å²) in [5.74, 6) is -2.17. The third-order valence-electron chi connectivity index (χ3n) is 2.05. The summed E-state index contributed by atoms with van der Waals surface area (Å²) in [6.45, 7) is 6.23. The molecule has 0 aliphatic heterocycles. The van der Waals surface area contributed by atoms with E-state index in [-0.39, 0.29) is 17.1 Å². The van der Waals surface area contributed by atoms with Gasteiger partial charge in [0.1, 0.15) is 0 Å². The average Bonchev–Trinajstić information content (AvgIpc) is 2.40. The smallest absolute Gasteiger partial charge is 0.550 e. The standard InChI is InChI=1S/C8H22N2O3Si.2C2H4O2.Cu/c1-5-7-10(8-6-9)14(11-2,12-3)13-4;2*1-2(3)4;/h5-9H2,1-4H3;2*1H3,(H,3,4);/q;;;+2/p-2. The van der Waals surface area contributed by atoms with E-state index in [9.17, 15) is 0 Å². The number of carbonyl (C=O) groups excluding carboxylic acids is 2. The summed E-state index contributed by atoms with van der Waals surface area (Å²) in [7, 11) is 2.19. The van der Waals surface area contributed by atoms with E-state index in [1.807, 2.05) is 0 Å². The molecule has 0 bridgehead atoms. The molecule has 0 rings (SSSR count). The fourth-order valence-electron chi connectivity index (χ4n) is 1.45. The molecule has 0 amide bonds. The summed E-state index contributed by atoms with van der Waals surface area (Å²) in [5, 5.41) is 17.8. The van der Waals surface area contributed by atoms with Gasteiger partial charge in [0, 0.05) is 46.4 Å². The van der Waals surface area contributed by atoms with Crippen molar-refractivity contribution < 1.29 is 50.1 Å². The molecule has 0 fully saturated rings. The molecule has 0 saturated heterocycles. The minimum Gasteiger partial charge on any atom is -0.550 e. The van der Waals surface area contributed by atoms with Gasteiger partial charge in [0.15, 0.2) is 0 Å². The van der Waals surface area contributed by atoms with Gasteiger partial charge in [0.25, 0.3) is 0 Å². The van der Waals surface area contributed by atoms with Crippen molar-refractivity contribution >= 4 is 20.9 Å². The van der Waals surface area contributed by atoms with Crippen LogP contribution in [0.15, 0.2) is 0 Å². The maximum atomic E-state index is 8.89. The SMILES string of the molecule is CC(=O)[O-].CC(=O)[O-].CCCN(CCN)[Si](OC)(OC)OC.[Cu+2]. The molecule has 0 unspecified atom stereocenters. The zero-order valence-corrected chi connectivity index (χ0v) is 16.5. The van der Waals surface area contributed by atoms with Crippen LogP contribution in [0.4, 0.5) is 0 Å². The molecule has 23 heavy (non-hydrogen) atoms. The van der Waals surface area contributed by atoms with E-state index < -0.39 is 20.9 Å². The van der Waals surface area contributed by atoms with Crippen molar-refractivity contribution in [3.8, 4) is 0 Å². The van der Waals surface area contributed by atoms with E-state index in [1.165, 1.54) is 0 Å². The van der Waals surface area contributed by atoms with Gasteiger partial charge in [-0.25, -0.2) is 0 Å². The van der Waals surface area contributed by atoms with Crippen LogP contribution in [0.5, 0.6) is 0 Å². The van der Waals surface area contributed by atoms with Crippen LogP contribution in [0, 0.1) is 0 Å². The number of carbonyl (C=O) groups is 2. The van der Waals surface area contributed by atoms with Crippen LogP contribution in [0.1, 0.15) is 27.2 Å². The first-order valence-corrected chi connectivity index (χ1v) is 8.30. The van der Waals surface area contributed by atoms with Crippen molar-refractivity contribution in [3.63, 3.8) is 0 Å². The Morgan fingerprint density at radius 2 is 1.30 bits per heavy atom. The summed E-state index contributed by atoms with van der Waals surface area (Å²) in [6.07, 6.45) is 1.02. The average molecular weight is 404 g/mol. The zero-order chi connectivity index (χ0) is 18.2. The van der Waals surface area contributed by atoms with Gasteiger partial charge in [-0.2, -0.15) is 0 Å². The molecule has 0 aromatic heterocycles. The number of hydrogen-bond donors (Lipinski definition) is 1. The fraction of sp³-hybridized carbons (Fsp3) is 0.833. The maximum absolute atomic E-state index is 8.89. The number of carboxylic acids is 2. The normalized spacial score (nSPS) is 9.74. The fourth-order valence-corrected chi connectivity index (χ4v) is 3.62. The molecule has 1 radical (unpaired) electrons. The van der Waals surface area contributed by atoms with Crippen LogP contribution < -0.4 is 15.9 Å². The minimum absolute atomic E-state index is 0. The molecule has 2 N–H and O–H groups in total. The Hall–Kier alpha value is -0.524. The van der Waals surface area contributed by atoms with Crippen molar-refractivity contribution in [2.24, 2.45) is 5.73 Å². The molecule has 9 nitrogen and oxygen atoms in total. The second kappa shape index (κ2) is 19.5. The van der Waals surface area contributed by atoms with E-state index in [4.69, 9.17) is 38.8 Å². The van der Waals surface area contributed by atoms with Gasteiger partial charge < -0.3 is 38.8 Å². The third-order valence-corrected chi connectivity index (χ3v) is 4.82. The van der Waals surface area contributed by atoms with Crippen molar-refractivity contribution in [1.82, 2.24) is 4.57 Å². The van der Waals surface area contributed by atoms with Crippen LogP contribution in [-0.2, 0) is 39.9 Å². The van der Waals surface area contributed by atoms with Gasteiger partial charge >= 0.3 is 26.0 Å². The Kier molecular flexibility index (Phi) is 25.8. The molecule has 0 atom stereocenters. The Bertz CT molecular complexity index is 260. The molecule has 11 heteroatoms. The number of rotatable bonds is 8. The van der Waals surface area contributed by atoms with Gasteiger partial charge in [-0.15, -0.1) is 0 Å². The van der Waals surface area contributed by atoms with Crippen LogP contribution in [0.3, 0.4) is 0 Å². The third kappa shape index (κ3) is 19.4. The van der Waals surface area contributed by atoms with E-state index in [1.54, 1.807) is 21.3 Å². The first-order valence-electron chi connectivity index (χ1n) is 6.63. The topological polar surface area (TPSA) is 137 Å². The Balaban J connectivity index is -0.000000167. The first-order chi connectivity index (χ1) is 10.2. The number of nitrogens with zero attached hydrogens (tertiary/aromatic N) is 1. The first kappa shape index (κ1) is 30.4. The van der Waals surface area contributed by atoms with Crippen LogP contribution in [0.25, 0.3) is 0 Å². The molecule has 0 saturated carbocycles. The Labute approximate surface area is 150 Å². The predicted molar refractivity (Wildman–Crippen MR) is 79.1 cm³/mol. The molecular weight excluding hydrogens is 376 g/mol. The molecule has 0 aliphatic rings. The minimum atomic E-state index is -2.64. The zero-order valence-electron chi connectivity index (χ0n) is 14.5. The number of nitrogens with two attached hydrogens (primary N) is 1. The van der Waals surface area contributed by atoms with Crippen LogP contribution in [-0.4, -0.2) is 66.4 Å². The monoisotopic (exact) mass is 403 g/mol. The Morgan fingerprint density at radius 1 is 1.00 bits per heavy atom. The largest absolute Gasteiger partial charge is 2.00 e. The summed E-state index contributed by atoms with van der Waals surface area (Å²) in [6, 6.07) is 0.